The number of benzene rings is 2. The van der Waals surface area contributed by atoms with Crippen LogP contribution in [0.4, 0.5) is 5.69 Å². The molecule has 4 aliphatic rings. The van der Waals surface area contributed by atoms with Gasteiger partial charge in [0.15, 0.2) is 0 Å². The highest BCUT2D eigenvalue weighted by Crippen LogP contribution is 2.75. The van der Waals surface area contributed by atoms with Gasteiger partial charge in [-0.1, -0.05) is 30.3 Å². The summed E-state index contributed by atoms with van der Waals surface area (Å²) in [6, 6.07) is 11.7. The molecule has 0 aromatic heterocycles. The van der Waals surface area contributed by atoms with Gasteiger partial charge in [0.05, 0.1) is 5.54 Å². The van der Waals surface area contributed by atoms with Crippen LogP contribution in [0.15, 0.2) is 46.6 Å². The number of fused-ring (bicyclic) bond motifs is 1. The molecule has 0 amide bonds. The molecule has 2 aromatic rings. The second-order valence-corrected chi connectivity index (χ2v) is 6.60. The summed E-state index contributed by atoms with van der Waals surface area (Å²) in [5, 5.41) is 21.4. The zero-order chi connectivity index (χ0) is 13.3. The Morgan fingerprint density at radius 1 is 1.05 bits per heavy atom. The van der Waals surface area contributed by atoms with E-state index in [-0.39, 0.29) is 11.3 Å². The number of hydrogen-bond acceptors (Lipinski definition) is 3. The number of hydrogen-bond donors (Lipinski definition) is 1. The molecule has 0 saturated heterocycles. The third-order valence-electron chi connectivity index (χ3n) is 5.67. The van der Waals surface area contributed by atoms with Crippen molar-refractivity contribution in [2.45, 2.75) is 24.8 Å². The smallest absolute Gasteiger partial charge is 0.143 e. The van der Waals surface area contributed by atoms with Gasteiger partial charge in [0.1, 0.15) is 11.4 Å². The van der Waals surface area contributed by atoms with Crippen LogP contribution in [-0.2, 0) is 0 Å². The molecule has 2 aromatic carbocycles. The van der Waals surface area contributed by atoms with Crippen molar-refractivity contribution in [3.63, 3.8) is 0 Å². The highest BCUT2D eigenvalue weighted by Gasteiger charge is 2.75. The maximum absolute atomic E-state index is 10.1. The lowest BCUT2D eigenvalue weighted by Crippen LogP contribution is -2.01. The van der Waals surface area contributed by atoms with Crippen LogP contribution in [0.5, 0.6) is 5.75 Å². The van der Waals surface area contributed by atoms with E-state index >= 15 is 0 Å². The SMILES string of the molecule is Oc1ccc2ccccc2c1N=NC12CC3CC1[C@@H]2C3. The lowest BCUT2D eigenvalue weighted by Gasteiger charge is -2.06. The number of phenolic OH excluding ortho intramolecular Hbond substituents is 1. The van der Waals surface area contributed by atoms with Crippen LogP contribution < -0.4 is 0 Å². The first-order valence-corrected chi connectivity index (χ1v) is 7.41. The first-order chi connectivity index (χ1) is 9.78. The molecule has 3 nitrogen and oxygen atoms in total. The Balaban J connectivity index is 1.60. The molecule has 4 atom stereocenters. The standard InChI is InChI=1S/C17H16N2O/c20-15-6-5-11-3-1-2-4-12(11)16(15)18-19-17-9-10-7-13(17)14(17)8-10/h1-6,10,13-14,20H,7-9H2/t10?,13-,14?,17?/m0/s1. The highest BCUT2D eigenvalue weighted by atomic mass is 16.3. The third kappa shape index (κ3) is 1.21. The number of nitrogens with zero attached hydrogens (tertiary/aromatic N) is 2. The lowest BCUT2D eigenvalue weighted by atomic mass is 10.1. The van der Waals surface area contributed by atoms with Crippen LogP contribution in [-0.4, -0.2) is 10.6 Å². The number of phenols is 1. The van der Waals surface area contributed by atoms with E-state index in [0.29, 0.717) is 5.69 Å². The molecule has 4 bridgehead atoms. The lowest BCUT2D eigenvalue weighted by molar-refractivity contribution is 0.476. The summed E-state index contributed by atoms with van der Waals surface area (Å²) in [6.07, 6.45) is 3.92. The monoisotopic (exact) mass is 264 g/mol. The van der Waals surface area contributed by atoms with E-state index in [1.54, 1.807) is 6.07 Å². The minimum Gasteiger partial charge on any atom is -0.506 e. The van der Waals surface area contributed by atoms with Gasteiger partial charge in [-0.3, -0.25) is 0 Å². The number of rotatable bonds is 2. The summed E-state index contributed by atoms with van der Waals surface area (Å²) in [6.45, 7) is 0. The van der Waals surface area contributed by atoms with E-state index in [0.717, 1.165) is 28.5 Å². The van der Waals surface area contributed by atoms with Crippen LogP contribution in [0.3, 0.4) is 0 Å². The largest absolute Gasteiger partial charge is 0.506 e. The molecule has 4 aliphatic carbocycles. The molecule has 100 valence electrons. The van der Waals surface area contributed by atoms with Crippen LogP contribution >= 0.6 is 0 Å². The third-order valence-corrected chi connectivity index (χ3v) is 5.67. The minimum absolute atomic E-state index is 0.147. The second-order valence-electron chi connectivity index (χ2n) is 6.60. The quantitative estimate of drug-likeness (QED) is 0.801. The average molecular weight is 264 g/mol. The molecule has 4 saturated carbocycles. The molecular weight excluding hydrogens is 248 g/mol. The van der Waals surface area contributed by atoms with E-state index in [4.69, 9.17) is 5.11 Å². The highest BCUT2D eigenvalue weighted by molar-refractivity contribution is 5.95. The van der Waals surface area contributed by atoms with Gasteiger partial charge in [-0.15, -0.1) is 0 Å². The van der Waals surface area contributed by atoms with Crippen molar-refractivity contribution in [2.75, 3.05) is 0 Å². The molecule has 0 spiro atoms. The topological polar surface area (TPSA) is 45.0 Å². The maximum Gasteiger partial charge on any atom is 0.143 e. The van der Waals surface area contributed by atoms with Crippen LogP contribution in [0, 0.1) is 17.8 Å². The van der Waals surface area contributed by atoms with E-state index < -0.39 is 0 Å². The molecule has 0 heterocycles. The van der Waals surface area contributed by atoms with Gasteiger partial charge in [-0.05, 0) is 48.5 Å². The average Bonchev–Trinajstić information content (AvgIpc) is 2.92. The van der Waals surface area contributed by atoms with E-state index in [2.05, 4.69) is 5.11 Å². The van der Waals surface area contributed by atoms with Crippen molar-refractivity contribution < 1.29 is 5.11 Å². The fraction of sp³-hybridized carbons (Fsp3) is 0.412. The van der Waals surface area contributed by atoms with Gasteiger partial charge in [-0.2, -0.15) is 10.2 Å². The fourth-order valence-electron chi connectivity index (χ4n) is 4.75. The fourth-order valence-corrected chi connectivity index (χ4v) is 4.75. The second kappa shape index (κ2) is 3.40. The van der Waals surface area contributed by atoms with Crippen LogP contribution in [0.25, 0.3) is 10.8 Å². The van der Waals surface area contributed by atoms with E-state index in [1.807, 2.05) is 30.3 Å². The summed E-state index contributed by atoms with van der Waals surface area (Å²) in [7, 11) is 0. The Labute approximate surface area is 117 Å². The van der Waals surface area contributed by atoms with Gasteiger partial charge in [0.2, 0.25) is 0 Å². The Hall–Kier alpha value is -1.90. The predicted octanol–water partition coefficient (Wildman–Crippen LogP) is 4.43. The molecule has 20 heavy (non-hydrogen) atoms. The van der Waals surface area contributed by atoms with Gasteiger partial charge < -0.3 is 5.11 Å². The van der Waals surface area contributed by atoms with E-state index in [1.165, 1.54) is 19.3 Å². The van der Waals surface area contributed by atoms with Crippen molar-refractivity contribution in [3.8, 4) is 5.75 Å². The summed E-state index contributed by atoms with van der Waals surface area (Å²) in [5.41, 5.74) is 0.779. The van der Waals surface area contributed by atoms with Crippen LogP contribution in [0.1, 0.15) is 19.3 Å². The van der Waals surface area contributed by atoms with Crippen molar-refractivity contribution in [1.82, 2.24) is 0 Å². The predicted molar refractivity (Wildman–Crippen MR) is 77.2 cm³/mol. The first kappa shape index (κ1) is 10.8. The number of aromatic hydroxyl groups is 1. The maximum atomic E-state index is 10.1. The van der Waals surface area contributed by atoms with E-state index in [9.17, 15) is 5.11 Å². The molecule has 6 rings (SSSR count). The van der Waals surface area contributed by atoms with Crippen molar-refractivity contribution in [1.29, 1.82) is 0 Å². The molecular formula is C17H16N2O. The normalized spacial score (nSPS) is 37.1. The van der Waals surface area contributed by atoms with Gasteiger partial charge in [0.25, 0.3) is 0 Å². The Kier molecular flexibility index (Phi) is 1.84. The summed E-state index contributed by atoms with van der Waals surface area (Å²) in [5.74, 6) is 2.69. The zero-order valence-corrected chi connectivity index (χ0v) is 11.2. The number of azo groups is 1. The Bertz CT molecular complexity index is 740. The summed E-state index contributed by atoms with van der Waals surface area (Å²) < 4.78 is 0. The molecule has 3 unspecified atom stereocenters. The van der Waals surface area contributed by atoms with Crippen LogP contribution in [0.2, 0.25) is 0 Å². The Morgan fingerprint density at radius 3 is 2.60 bits per heavy atom. The molecule has 0 aliphatic heterocycles. The van der Waals surface area contributed by atoms with Crippen molar-refractivity contribution in [3.05, 3.63) is 36.4 Å². The zero-order valence-electron chi connectivity index (χ0n) is 11.2. The van der Waals surface area contributed by atoms with Crippen molar-refractivity contribution in [2.24, 2.45) is 28.0 Å². The van der Waals surface area contributed by atoms with Gasteiger partial charge in [-0.25, -0.2) is 0 Å². The molecule has 1 N–H and O–H groups in total. The molecule has 0 radical (unpaired) electrons. The van der Waals surface area contributed by atoms with Gasteiger partial charge >= 0.3 is 0 Å². The molecule has 4 fully saturated rings. The van der Waals surface area contributed by atoms with Crippen molar-refractivity contribution >= 4 is 16.5 Å². The first-order valence-electron chi connectivity index (χ1n) is 7.41. The molecule has 3 heteroatoms. The van der Waals surface area contributed by atoms with Gasteiger partial charge in [0, 0.05) is 5.39 Å². The summed E-state index contributed by atoms with van der Waals surface area (Å²) >= 11 is 0. The minimum atomic E-state index is 0.147. The summed E-state index contributed by atoms with van der Waals surface area (Å²) in [4.78, 5) is 0. The Morgan fingerprint density at radius 2 is 1.85 bits per heavy atom.